The van der Waals surface area contributed by atoms with Crippen LogP contribution in [0.2, 0.25) is 0 Å². The number of aromatic nitrogens is 3. The molecule has 2 heterocycles. The molecule has 0 saturated heterocycles. The van der Waals surface area contributed by atoms with E-state index in [1.54, 1.807) is 23.5 Å². The lowest BCUT2D eigenvalue weighted by molar-refractivity contribution is -0.113. The highest BCUT2D eigenvalue weighted by atomic mass is 32.2. The fourth-order valence-corrected chi connectivity index (χ4v) is 3.50. The van der Waals surface area contributed by atoms with Crippen molar-refractivity contribution in [3.8, 4) is 0 Å². The van der Waals surface area contributed by atoms with Crippen LogP contribution < -0.4 is 5.32 Å². The maximum Gasteiger partial charge on any atom is 0.234 e. The molecule has 0 fully saturated rings. The Hall–Kier alpha value is -2.19. The molecule has 0 aliphatic rings. The molecule has 1 N–H and O–H groups in total. The summed E-state index contributed by atoms with van der Waals surface area (Å²) in [6.45, 7) is 0. The Labute approximate surface area is 146 Å². The van der Waals surface area contributed by atoms with Gasteiger partial charge >= 0.3 is 0 Å². The molecule has 0 bridgehead atoms. The van der Waals surface area contributed by atoms with Gasteiger partial charge in [-0.25, -0.2) is 4.39 Å². The van der Waals surface area contributed by atoms with Crippen LogP contribution in [0.4, 0.5) is 10.1 Å². The Morgan fingerprint density at radius 2 is 2.12 bits per heavy atom. The van der Waals surface area contributed by atoms with Gasteiger partial charge in [-0.15, -0.1) is 21.5 Å². The van der Waals surface area contributed by atoms with Crippen LogP contribution in [-0.4, -0.2) is 26.4 Å². The molecule has 8 heteroatoms. The van der Waals surface area contributed by atoms with E-state index in [0.29, 0.717) is 11.6 Å². The third-order valence-electron chi connectivity index (χ3n) is 3.32. The summed E-state index contributed by atoms with van der Waals surface area (Å²) in [5.41, 5.74) is 0.180. The fourth-order valence-electron chi connectivity index (χ4n) is 2.07. The molecule has 24 heavy (non-hydrogen) atoms. The number of hydrogen-bond donors (Lipinski definition) is 1. The average Bonchev–Trinajstić information content (AvgIpc) is 3.19. The largest absolute Gasteiger partial charge is 0.323 e. The lowest BCUT2D eigenvalue weighted by Crippen LogP contribution is -2.15. The topological polar surface area (TPSA) is 59.8 Å². The number of amides is 1. The van der Waals surface area contributed by atoms with Gasteiger partial charge in [-0.05, 0) is 23.6 Å². The minimum Gasteiger partial charge on any atom is -0.323 e. The predicted molar refractivity (Wildman–Crippen MR) is 93.9 cm³/mol. The van der Waals surface area contributed by atoms with Crippen LogP contribution in [0.5, 0.6) is 0 Å². The van der Waals surface area contributed by atoms with Gasteiger partial charge in [0.15, 0.2) is 5.16 Å². The highest BCUT2D eigenvalue weighted by molar-refractivity contribution is 7.99. The molecule has 0 unspecified atom stereocenters. The van der Waals surface area contributed by atoms with Crippen LogP contribution in [0, 0.1) is 5.82 Å². The van der Waals surface area contributed by atoms with Crippen LogP contribution in [0.15, 0.2) is 46.9 Å². The van der Waals surface area contributed by atoms with Crippen LogP contribution in [0.1, 0.15) is 10.7 Å². The number of hydrogen-bond acceptors (Lipinski definition) is 5. The van der Waals surface area contributed by atoms with Crippen molar-refractivity contribution >= 4 is 34.7 Å². The smallest absolute Gasteiger partial charge is 0.234 e. The number of halogens is 1. The number of carbonyl (C=O) groups is 1. The van der Waals surface area contributed by atoms with E-state index in [1.165, 1.54) is 28.8 Å². The van der Waals surface area contributed by atoms with Gasteiger partial charge in [-0.3, -0.25) is 4.79 Å². The lowest BCUT2D eigenvalue weighted by Gasteiger charge is -2.06. The van der Waals surface area contributed by atoms with Gasteiger partial charge in [-0.1, -0.05) is 30.0 Å². The highest BCUT2D eigenvalue weighted by Crippen LogP contribution is 2.20. The average molecular weight is 362 g/mol. The van der Waals surface area contributed by atoms with Crippen LogP contribution in [0.3, 0.4) is 0 Å². The molecular formula is C16H15FN4OS2. The first-order chi connectivity index (χ1) is 11.6. The summed E-state index contributed by atoms with van der Waals surface area (Å²) in [5.74, 6) is 0.245. The Bertz CT molecular complexity index is 832. The van der Waals surface area contributed by atoms with Gasteiger partial charge in [0.05, 0.1) is 11.4 Å². The molecule has 124 valence electrons. The van der Waals surface area contributed by atoms with Gasteiger partial charge in [-0.2, -0.15) is 0 Å². The van der Waals surface area contributed by atoms with Crippen molar-refractivity contribution in [3.05, 3.63) is 58.3 Å². The summed E-state index contributed by atoms with van der Waals surface area (Å²) in [4.78, 5) is 13.2. The molecule has 0 spiro atoms. The molecule has 3 aromatic rings. The quantitative estimate of drug-likeness (QED) is 0.683. The summed E-state index contributed by atoms with van der Waals surface area (Å²) in [6, 6.07) is 10.1. The molecule has 0 atom stereocenters. The second kappa shape index (κ2) is 7.59. The van der Waals surface area contributed by atoms with Gasteiger partial charge < -0.3 is 9.88 Å². The van der Waals surface area contributed by atoms with Crippen molar-refractivity contribution in [3.63, 3.8) is 0 Å². The maximum atomic E-state index is 13.5. The van der Waals surface area contributed by atoms with Crippen molar-refractivity contribution in [2.75, 3.05) is 11.1 Å². The van der Waals surface area contributed by atoms with E-state index in [9.17, 15) is 9.18 Å². The van der Waals surface area contributed by atoms with Gasteiger partial charge in [0, 0.05) is 18.3 Å². The van der Waals surface area contributed by atoms with Crippen molar-refractivity contribution in [1.29, 1.82) is 0 Å². The molecule has 2 aromatic heterocycles. The molecule has 1 aromatic carbocycles. The minimum atomic E-state index is -0.451. The van der Waals surface area contributed by atoms with E-state index in [1.807, 2.05) is 29.1 Å². The van der Waals surface area contributed by atoms with Gasteiger partial charge in [0.25, 0.3) is 0 Å². The normalized spacial score (nSPS) is 10.8. The number of para-hydroxylation sites is 1. The second-order valence-electron chi connectivity index (χ2n) is 5.03. The molecule has 0 aliphatic heterocycles. The Kier molecular flexibility index (Phi) is 5.27. The third-order valence-corrected chi connectivity index (χ3v) is 5.21. The first-order valence-electron chi connectivity index (χ1n) is 7.21. The highest BCUT2D eigenvalue weighted by Gasteiger charge is 2.13. The van der Waals surface area contributed by atoms with E-state index in [2.05, 4.69) is 15.5 Å². The number of nitrogens with one attached hydrogen (secondary N) is 1. The zero-order valence-electron chi connectivity index (χ0n) is 12.9. The van der Waals surface area contributed by atoms with Crippen molar-refractivity contribution in [2.45, 2.75) is 11.6 Å². The summed E-state index contributed by atoms with van der Waals surface area (Å²) in [6.07, 6.45) is 0.711. The van der Waals surface area contributed by atoms with Crippen molar-refractivity contribution in [1.82, 2.24) is 14.8 Å². The number of thioether (sulfide) groups is 1. The van der Waals surface area contributed by atoms with Gasteiger partial charge in [0.1, 0.15) is 11.6 Å². The third kappa shape index (κ3) is 4.01. The lowest BCUT2D eigenvalue weighted by atomic mass is 10.3. The van der Waals surface area contributed by atoms with Crippen LogP contribution in [0.25, 0.3) is 0 Å². The minimum absolute atomic E-state index is 0.138. The van der Waals surface area contributed by atoms with Crippen LogP contribution in [-0.2, 0) is 18.3 Å². The summed E-state index contributed by atoms with van der Waals surface area (Å²) in [5, 5.41) is 13.5. The Morgan fingerprint density at radius 3 is 2.88 bits per heavy atom. The number of rotatable bonds is 6. The Morgan fingerprint density at radius 1 is 1.29 bits per heavy atom. The molecule has 5 nitrogen and oxygen atoms in total. The van der Waals surface area contributed by atoms with E-state index in [0.717, 1.165) is 5.82 Å². The number of benzene rings is 1. The van der Waals surface area contributed by atoms with Crippen molar-refractivity contribution < 1.29 is 9.18 Å². The maximum absolute atomic E-state index is 13.5. The fraction of sp³-hybridized carbons (Fsp3) is 0.188. The molecule has 1 amide bonds. The number of nitrogens with zero attached hydrogens (tertiary/aromatic N) is 3. The van der Waals surface area contributed by atoms with E-state index >= 15 is 0 Å². The van der Waals surface area contributed by atoms with Gasteiger partial charge in [0.2, 0.25) is 5.91 Å². The summed E-state index contributed by atoms with van der Waals surface area (Å²) >= 11 is 2.94. The monoisotopic (exact) mass is 362 g/mol. The molecule has 0 saturated carbocycles. The van der Waals surface area contributed by atoms with Crippen molar-refractivity contribution in [2.24, 2.45) is 7.05 Å². The SMILES string of the molecule is Cn1c(Cc2cccs2)nnc1SCC(=O)Nc1ccccc1F. The molecule has 0 radical (unpaired) electrons. The summed E-state index contributed by atoms with van der Waals surface area (Å²) in [7, 11) is 1.88. The first-order valence-corrected chi connectivity index (χ1v) is 9.08. The molecular weight excluding hydrogens is 347 g/mol. The number of anilines is 1. The zero-order chi connectivity index (χ0) is 16.9. The first kappa shape index (κ1) is 16.7. The number of thiophene rings is 1. The second-order valence-corrected chi connectivity index (χ2v) is 7.01. The standard InChI is InChI=1S/C16H15FN4OS2/c1-21-14(9-11-5-4-8-23-11)19-20-16(21)24-10-15(22)18-13-7-3-2-6-12(13)17/h2-8H,9-10H2,1H3,(H,18,22). The summed E-state index contributed by atoms with van der Waals surface area (Å²) < 4.78 is 15.4. The van der Waals surface area contributed by atoms with E-state index in [4.69, 9.17) is 0 Å². The number of carbonyl (C=O) groups excluding carboxylic acids is 1. The zero-order valence-corrected chi connectivity index (χ0v) is 14.5. The predicted octanol–water partition coefficient (Wildman–Crippen LogP) is 3.34. The molecule has 0 aliphatic carbocycles. The van der Waals surface area contributed by atoms with E-state index < -0.39 is 5.82 Å². The van der Waals surface area contributed by atoms with Crippen LogP contribution >= 0.6 is 23.1 Å². The van der Waals surface area contributed by atoms with E-state index in [-0.39, 0.29) is 17.3 Å². The molecule has 3 rings (SSSR count). The Balaban J connectivity index is 1.58.